The average Bonchev–Trinajstić information content (AvgIpc) is 2.27. The molecule has 0 aromatic rings. The Bertz CT molecular complexity index is 253. The molecular formula is C10H19FO2S. The Hall–Kier alpha value is -0.120. The van der Waals surface area contributed by atoms with Gasteiger partial charge in [0.2, 0.25) is 0 Å². The molecule has 0 bridgehead atoms. The largest absolute Gasteiger partial charge is 0.302 e. The second-order valence-corrected chi connectivity index (χ2v) is 5.85. The second kappa shape index (κ2) is 5.10. The fourth-order valence-electron chi connectivity index (χ4n) is 2.33. The lowest BCUT2D eigenvalue weighted by Gasteiger charge is -2.20. The van der Waals surface area contributed by atoms with E-state index < -0.39 is 10.2 Å². The highest BCUT2D eigenvalue weighted by Crippen LogP contribution is 2.29. The van der Waals surface area contributed by atoms with Crippen molar-refractivity contribution >= 4 is 10.2 Å². The molecular weight excluding hydrogens is 203 g/mol. The number of halogens is 1. The van der Waals surface area contributed by atoms with E-state index in [4.69, 9.17) is 0 Å². The lowest BCUT2D eigenvalue weighted by Crippen LogP contribution is -2.18. The Kier molecular flexibility index (Phi) is 4.35. The zero-order valence-electron chi connectivity index (χ0n) is 8.71. The highest BCUT2D eigenvalue weighted by Gasteiger charge is 2.23. The van der Waals surface area contributed by atoms with Crippen molar-refractivity contribution in [3.8, 4) is 0 Å². The predicted octanol–water partition coefficient (Wildman–Crippen LogP) is 2.89. The van der Waals surface area contributed by atoms with Gasteiger partial charge < -0.3 is 0 Å². The summed E-state index contributed by atoms with van der Waals surface area (Å²) in [5.41, 5.74) is 0. The van der Waals surface area contributed by atoms with Crippen LogP contribution in [0.1, 0.15) is 45.4 Å². The molecule has 1 unspecified atom stereocenters. The molecule has 0 saturated heterocycles. The van der Waals surface area contributed by atoms with Crippen molar-refractivity contribution in [2.45, 2.75) is 45.4 Å². The van der Waals surface area contributed by atoms with Gasteiger partial charge in [-0.3, -0.25) is 0 Å². The van der Waals surface area contributed by atoms with Crippen LogP contribution in [0.4, 0.5) is 3.89 Å². The summed E-state index contributed by atoms with van der Waals surface area (Å²) in [5.74, 6) is 0.0867. The third-order valence-corrected chi connectivity index (χ3v) is 4.09. The summed E-state index contributed by atoms with van der Waals surface area (Å²) in [7, 11) is -4.28. The van der Waals surface area contributed by atoms with Crippen molar-refractivity contribution in [1.29, 1.82) is 0 Å². The molecule has 84 valence electrons. The summed E-state index contributed by atoms with van der Waals surface area (Å²) in [6.45, 7) is 1.85. The molecule has 0 aromatic heterocycles. The maximum atomic E-state index is 12.5. The van der Waals surface area contributed by atoms with Gasteiger partial charge in [-0.1, -0.05) is 45.4 Å². The number of rotatable bonds is 3. The van der Waals surface area contributed by atoms with E-state index >= 15 is 0 Å². The van der Waals surface area contributed by atoms with Crippen LogP contribution >= 0.6 is 0 Å². The third-order valence-electron chi connectivity index (χ3n) is 3.17. The first-order chi connectivity index (χ1) is 6.49. The van der Waals surface area contributed by atoms with E-state index in [0.29, 0.717) is 5.92 Å². The molecule has 1 atom stereocenters. The Labute approximate surface area is 86.1 Å². The van der Waals surface area contributed by atoms with Gasteiger partial charge in [0.05, 0.1) is 5.75 Å². The number of hydrogen-bond donors (Lipinski definition) is 0. The van der Waals surface area contributed by atoms with Gasteiger partial charge in [0.1, 0.15) is 0 Å². The van der Waals surface area contributed by atoms with Crippen LogP contribution in [0, 0.1) is 11.8 Å². The van der Waals surface area contributed by atoms with Gasteiger partial charge in [-0.15, -0.1) is 3.89 Å². The monoisotopic (exact) mass is 222 g/mol. The molecule has 1 rings (SSSR count). The number of hydrogen-bond acceptors (Lipinski definition) is 2. The Balaban J connectivity index is 2.45. The van der Waals surface area contributed by atoms with E-state index in [9.17, 15) is 12.3 Å². The first-order valence-electron chi connectivity index (χ1n) is 5.41. The standard InChI is InChI=1S/C10H19FO2S/c1-9(8-14(11,12)13)10-6-4-2-3-5-7-10/h9-10H,2-8H2,1H3. The molecule has 2 nitrogen and oxygen atoms in total. The Morgan fingerprint density at radius 2 is 1.71 bits per heavy atom. The van der Waals surface area contributed by atoms with Crippen molar-refractivity contribution in [3.63, 3.8) is 0 Å². The van der Waals surface area contributed by atoms with Gasteiger partial charge in [-0.2, -0.15) is 8.42 Å². The maximum Gasteiger partial charge on any atom is 0.302 e. The van der Waals surface area contributed by atoms with E-state index in [1.54, 1.807) is 0 Å². The summed E-state index contributed by atoms with van der Waals surface area (Å²) in [4.78, 5) is 0. The predicted molar refractivity (Wildman–Crippen MR) is 55.3 cm³/mol. The molecule has 0 N–H and O–H groups in total. The molecule has 1 fully saturated rings. The second-order valence-electron chi connectivity index (χ2n) is 4.43. The summed E-state index contributed by atoms with van der Waals surface area (Å²) in [6, 6.07) is 0. The molecule has 0 spiro atoms. The lowest BCUT2D eigenvalue weighted by molar-refractivity contribution is 0.340. The normalized spacial score (nSPS) is 23.0. The smallest absolute Gasteiger partial charge is 0.195 e. The molecule has 0 aliphatic heterocycles. The maximum absolute atomic E-state index is 12.5. The van der Waals surface area contributed by atoms with E-state index in [0.717, 1.165) is 12.8 Å². The van der Waals surface area contributed by atoms with Gasteiger partial charge in [-0.05, 0) is 11.8 Å². The first-order valence-corrected chi connectivity index (χ1v) is 6.96. The third kappa shape index (κ3) is 4.40. The summed E-state index contributed by atoms with van der Waals surface area (Å²) >= 11 is 0. The summed E-state index contributed by atoms with van der Waals surface area (Å²) < 4.78 is 33.5. The van der Waals surface area contributed by atoms with Crippen LogP contribution in [-0.2, 0) is 10.2 Å². The van der Waals surface area contributed by atoms with Crippen LogP contribution in [0.3, 0.4) is 0 Å². The summed E-state index contributed by atoms with van der Waals surface area (Å²) in [5, 5.41) is 0. The zero-order valence-corrected chi connectivity index (χ0v) is 9.52. The van der Waals surface area contributed by atoms with Crippen LogP contribution in [0.15, 0.2) is 0 Å². The van der Waals surface area contributed by atoms with Gasteiger partial charge >= 0.3 is 10.2 Å². The molecule has 1 aliphatic rings. The van der Waals surface area contributed by atoms with E-state index in [1.807, 2.05) is 6.92 Å². The molecule has 0 aromatic carbocycles. The molecule has 1 aliphatic carbocycles. The Morgan fingerprint density at radius 3 is 2.14 bits per heavy atom. The minimum Gasteiger partial charge on any atom is -0.195 e. The first kappa shape index (κ1) is 12.0. The zero-order chi connectivity index (χ0) is 10.6. The highest BCUT2D eigenvalue weighted by molar-refractivity contribution is 7.86. The van der Waals surface area contributed by atoms with Gasteiger partial charge in [-0.25, -0.2) is 0 Å². The van der Waals surface area contributed by atoms with Gasteiger partial charge in [0, 0.05) is 0 Å². The average molecular weight is 222 g/mol. The van der Waals surface area contributed by atoms with Crippen molar-refractivity contribution < 1.29 is 12.3 Å². The SMILES string of the molecule is CC(CS(=O)(=O)F)C1CCCCCC1. The van der Waals surface area contributed by atoms with Crippen molar-refractivity contribution in [2.24, 2.45) is 11.8 Å². The quantitative estimate of drug-likeness (QED) is 0.543. The van der Waals surface area contributed by atoms with Crippen molar-refractivity contribution in [3.05, 3.63) is 0 Å². The fraction of sp³-hybridized carbons (Fsp3) is 1.00. The Morgan fingerprint density at radius 1 is 1.21 bits per heavy atom. The van der Waals surface area contributed by atoms with Crippen LogP contribution in [0.2, 0.25) is 0 Å². The molecule has 14 heavy (non-hydrogen) atoms. The molecule has 0 amide bonds. The lowest BCUT2D eigenvalue weighted by atomic mass is 9.89. The van der Waals surface area contributed by atoms with Crippen LogP contribution in [0.25, 0.3) is 0 Å². The van der Waals surface area contributed by atoms with Gasteiger partial charge in [0.15, 0.2) is 0 Å². The van der Waals surface area contributed by atoms with E-state index in [1.165, 1.54) is 25.7 Å². The van der Waals surface area contributed by atoms with Crippen molar-refractivity contribution in [1.82, 2.24) is 0 Å². The highest BCUT2D eigenvalue weighted by atomic mass is 32.3. The summed E-state index contributed by atoms with van der Waals surface area (Å²) in [6.07, 6.45) is 6.95. The molecule has 4 heteroatoms. The van der Waals surface area contributed by atoms with Crippen LogP contribution in [-0.4, -0.2) is 14.2 Å². The van der Waals surface area contributed by atoms with Crippen LogP contribution < -0.4 is 0 Å². The molecule has 1 saturated carbocycles. The van der Waals surface area contributed by atoms with Gasteiger partial charge in [0.25, 0.3) is 0 Å². The minimum atomic E-state index is -4.28. The van der Waals surface area contributed by atoms with E-state index in [2.05, 4.69) is 0 Å². The topological polar surface area (TPSA) is 34.1 Å². The molecule has 0 radical (unpaired) electrons. The van der Waals surface area contributed by atoms with Crippen molar-refractivity contribution in [2.75, 3.05) is 5.75 Å². The van der Waals surface area contributed by atoms with E-state index in [-0.39, 0.29) is 11.7 Å². The molecule has 0 heterocycles. The van der Waals surface area contributed by atoms with Crippen LogP contribution in [0.5, 0.6) is 0 Å². The fourth-order valence-corrected chi connectivity index (χ4v) is 3.23. The minimum absolute atomic E-state index is 0.0249.